The van der Waals surface area contributed by atoms with E-state index in [9.17, 15) is 18.0 Å². The predicted octanol–water partition coefficient (Wildman–Crippen LogP) is 4.59. The molecule has 0 radical (unpaired) electrons. The van der Waals surface area contributed by atoms with Crippen LogP contribution in [0.1, 0.15) is 34.8 Å². The first-order valence-corrected chi connectivity index (χ1v) is 13.2. The third kappa shape index (κ3) is 5.30. The Bertz CT molecular complexity index is 1560. The maximum absolute atomic E-state index is 13.0. The number of benzene rings is 2. The molecule has 0 aliphatic carbocycles. The number of aromatic amines is 1. The molecule has 0 aliphatic rings. The number of amides is 1. The fraction of sp³-hybridized carbons (Fsp3) is 0.174. The van der Waals surface area contributed by atoms with Crippen molar-refractivity contribution in [3.05, 3.63) is 86.1 Å². The number of hydrogen-bond donors (Lipinski definition) is 3. The van der Waals surface area contributed by atoms with Crippen molar-refractivity contribution in [3.8, 4) is 0 Å². The highest BCUT2D eigenvalue weighted by molar-refractivity contribution is 7.92. The van der Waals surface area contributed by atoms with Crippen molar-refractivity contribution in [1.29, 1.82) is 0 Å². The molecule has 0 bridgehead atoms. The molecular formula is C23H21ClN4O4S2. The van der Waals surface area contributed by atoms with Gasteiger partial charge >= 0.3 is 0 Å². The first-order valence-electron chi connectivity index (χ1n) is 10.1. The van der Waals surface area contributed by atoms with Crippen LogP contribution in [-0.2, 0) is 15.4 Å². The van der Waals surface area contributed by atoms with Gasteiger partial charge in [0.2, 0.25) is 10.0 Å². The van der Waals surface area contributed by atoms with Gasteiger partial charge in [0, 0.05) is 32.6 Å². The maximum Gasteiger partial charge on any atom is 0.265 e. The summed E-state index contributed by atoms with van der Waals surface area (Å²) in [5.74, 6) is -0.313. The molecule has 0 aliphatic heterocycles. The second-order valence-corrected chi connectivity index (χ2v) is 11.6. The lowest BCUT2D eigenvalue weighted by molar-refractivity contribution is 0.103. The zero-order valence-corrected chi connectivity index (χ0v) is 20.9. The molecule has 1 amide bonds. The molecule has 11 heteroatoms. The third-order valence-electron chi connectivity index (χ3n) is 5.24. The number of carbonyl (C=O) groups is 1. The summed E-state index contributed by atoms with van der Waals surface area (Å²) in [7, 11) is -3.40. The number of rotatable bonds is 6. The summed E-state index contributed by atoms with van der Waals surface area (Å²) in [5, 5.41) is 10.7. The fourth-order valence-electron chi connectivity index (χ4n) is 3.49. The Morgan fingerprint density at radius 1 is 1.06 bits per heavy atom. The quantitative estimate of drug-likeness (QED) is 0.346. The Morgan fingerprint density at radius 3 is 2.50 bits per heavy atom. The zero-order chi connectivity index (χ0) is 24.7. The second-order valence-electron chi connectivity index (χ2n) is 8.35. The topological polar surface area (TPSA) is 121 Å². The van der Waals surface area contributed by atoms with Crippen molar-refractivity contribution in [3.63, 3.8) is 0 Å². The van der Waals surface area contributed by atoms with Gasteiger partial charge in [0.25, 0.3) is 11.5 Å². The summed E-state index contributed by atoms with van der Waals surface area (Å²) >= 11 is 7.65. The zero-order valence-electron chi connectivity index (χ0n) is 18.5. The number of H-pyrrole nitrogens is 1. The summed E-state index contributed by atoms with van der Waals surface area (Å²) in [6.07, 6.45) is 1.08. The summed E-state index contributed by atoms with van der Waals surface area (Å²) in [6.45, 7) is 3.89. The lowest BCUT2D eigenvalue weighted by Gasteiger charge is -2.25. The van der Waals surface area contributed by atoms with Crippen LogP contribution < -0.4 is 15.6 Å². The van der Waals surface area contributed by atoms with Gasteiger partial charge in [-0.3, -0.25) is 14.3 Å². The number of nitrogens with zero attached hydrogens (tertiary/aromatic N) is 1. The van der Waals surface area contributed by atoms with E-state index in [0.717, 1.165) is 21.9 Å². The number of thiophene rings is 1. The minimum atomic E-state index is -3.40. The summed E-state index contributed by atoms with van der Waals surface area (Å²) in [4.78, 5) is 24.8. The largest absolute Gasteiger partial charge is 0.321 e. The van der Waals surface area contributed by atoms with Gasteiger partial charge in [-0.1, -0.05) is 25.4 Å². The molecule has 8 nitrogen and oxygen atoms in total. The molecule has 2 heterocycles. The highest BCUT2D eigenvalue weighted by Crippen LogP contribution is 2.34. The molecule has 0 saturated heterocycles. The minimum Gasteiger partial charge on any atom is -0.321 e. The predicted molar refractivity (Wildman–Crippen MR) is 137 cm³/mol. The molecule has 34 heavy (non-hydrogen) atoms. The Kier molecular flexibility index (Phi) is 6.24. The van der Waals surface area contributed by atoms with E-state index in [4.69, 9.17) is 11.6 Å². The number of fused-ring (bicyclic) bond motifs is 1. The SMILES string of the molecule is CC(C)(c1cc(Cl)cc(NC(=O)c2cc3cc(NS(C)(=O)=O)ccc3s2)c1)c1ccc(=O)[nH]n1. The standard InChI is InChI=1S/C23H21ClN4O4S2/c1-23(2,20-6-7-21(29)27-26-20)14-10-15(24)12-17(11-14)25-22(30)19-9-13-8-16(28-34(3,31)32)4-5-18(13)33-19/h4-12,28H,1-3H3,(H,25,30)(H,27,29). The van der Waals surface area contributed by atoms with Crippen LogP contribution in [0.2, 0.25) is 5.02 Å². The molecule has 0 atom stereocenters. The lowest BCUT2D eigenvalue weighted by Crippen LogP contribution is -2.23. The second kappa shape index (κ2) is 8.86. The van der Waals surface area contributed by atoms with Crippen molar-refractivity contribution >= 4 is 60.3 Å². The number of hydrogen-bond acceptors (Lipinski definition) is 6. The highest BCUT2D eigenvalue weighted by atomic mass is 35.5. The molecule has 0 spiro atoms. The van der Waals surface area contributed by atoms with Gasteiger partial charge in [-0.15, -0.1) is 11.3 Å². The molecule has 0 saturated carbocycles. The van der Waals surface area contributed by atoms with Crippen molar-refractivity contribution in [2.75, 3.05) is 16.3 Å². The number of carbonyl (C=O) groups excluding carboxylic acids is 1. The molecule has 0 fully saturated rings. The van der Waals surface area contributed by atoms with Crippen molar-refractivity contribution < 1.29 is 13.2 Å². The van der Waals surface area contributed by atoms with E-state index >= 15 is 0 Å². The number of anilines is 2. The van der Waals surface area contributed by atoms with Gasteiger partial charge in [0.15, 0.2) is 0 Å². The van der Waals surface area contributed by atoms with Gasteiger partial charge in [0.1, 0.15) is 0 Å². The molecule has 0 unspecified atom stereocenters. The summed E-state index contributed by atoms with van der Waals surface area (Å²) in [6, 6.07) is 15.1. The van der Waals surface area contributed by atoms with Gasteiger partial charge in [-0.2, -0.15) is 5.10 Å². The Morgan fingerprint density at radius 2 is 1.82 bits per heavy atom. The van der Waals surface area contributed by atoms with E-state index in [1.165, 1.54) is 17.4 Å². The number of sulfonamides is 1. The first kappa shape index (κ1) is 23.9. The van der Waals surface area contributed by atoms with Crippen LogP contribution in [0.3, 0.4) is 0 Å². The van der Waals surface area contributed by atoms with Crippen molar-refractivity contribution in [2.45, 2.75) is 19.3 Å². The van der Waals surface area contributed by atoms with Gasteiger partial charge in [-0.25, -0.2) is 13.5 Å². The third-order valence-corrected chi connectivity index (χ3v) is 7.18. The van der Waals surface area contributed by atoms with E-state index in [1.54, 1.807) is 42.5 Å². The smallest absolute Gasteiger partial charge is 0.265 e. The average Bonchev–Trinajstić information content (AvgIpc) is 3.16. The van der Waals surface area contributed by atoms with Crippen LogP contribution in [0.5, 0.6) is 0 Å². The van der Waals surface area contributed by atoms with Gasteiger partial charge < -0.3 is 5.32 Å². The normalized spacial score (nSPS) is 12.0. The van der Waals surface area contributed by atoms with Crippen LogP contribution in [-0.4, -0.2) is 30.8 Å². The molecule has 2 aromatic carbocycles. The Hall–Kier alpha value is -3.21. The average molecular weight is 517 g/mol. The molecule has 176 valence electrons. The van der Waals surface area contributed by atoms with E-state index in [0.29, 0.717) is 27.0 Å². The van der Waals surface area contributed by atoms with Crippen LogP contribution in [0.15, 0.2) is 59.4 Å². The van der Waals surface area contributed by atoms with Crippen molar-refractivity contribution in [2.24, 2.45) is 0 Å². The van der Waals surface area contributed by atoms with Gasteiger partial charge in [0.05, 0.1) is 16.8 Å². The summed E-state index contributed by atoms with van der Waals surface area (Å²) < 4.78 is 26.2. The van der Waals surface area contributed by atoms with Crippen molar-refractivity contribution in [1.82, 2.24) is 10.2 Å². The van der Waals surface area contributed by atoms with E-state index in [1.807, 2.05) is 19.9 Å². The molecule has 4 rings (SSSR count). The van der Waals surface area contributed by atoms with E-state index in [2.05, 4.69) is 20.2 Å². The minimum absolute atomic E-state index is 0.291. The molecular weight excluding hydrogens is 496 g/mol. The van der Waals surface area contributed by atoms with Crippen LogP contribution in [0.25, 0.3) is 10.1 Å². The Balaban J connectivity index is 1.61. The first-order chi connectivity index (χ1) is 15.9. The van der Waals surface area contributed by atoms with Crippen LogP contribution in [0, 0.1) is 0 Å². The fourth-order valence-corrected chi connectivity index (χ4v) is 5.22. The number of halogens is 1. The molecule has 4 aromatic rings. The van der Waals surface area contributed by atoms with E-state index < -0.39 is 15.4 Å². The van der Waals surface area contributed by atoms with Crippen LogP contribution in [0.4, 0.5) is 11.4 Å². The number of nitrogens with one attached hydrogen (secondary N) is 3. The highest BCUT2D eigenvalue weighted by Gasteiger charge is 2.26. The van der Waals surface area contributed by atoms with E-state index in [-0.39, 0.29) is 11.5 Å². The summed E-state index contributed by atoms with van der Waals surface area (Å²) in [5.41, 5.74) is 1.52. The monoisotopic (exact) mass is 516 g/mol. The van der Waals surface area contributed by atoms with Gasteiger partial charge in [-0.05, 0) is 59.5 Å². The molecule has 3 N–H and O–H groups in total. The lowest BCUT2D eigenvalue weighted by atomic mass is 9.81. The maximum atomic E-state index is 13.0. The molecule has 2 aromatic heterocycles. The van der Waals surface area contributed by atoms with Crippen LogP contribution >= 0.6 is 22.9 Å². The number of aromatic nitrogens is 2. The Labute approximate surface area is 205 Å².